The number of hydrogen-bond acceptors (Lipinski definition) is 4. The van der Waals surface area contributed by atoms with E-state index in [0.29, 0.717) is 12.1 Å². The lowest BCUT2D eigenvalue weighted by Crippen LogP contribution is -2.52. The van der Waals surface area contributed by atoms with Crippen LogP contribution in [0.5, 0.6) is 0 Å². The molecule has 0 aromatic carbocycles. The highest BCUT2D eigenvalue weighted by Gasteiger charge is 2.27. The molecular formula is C17H25N5. The van der Waals surface area contributed by atoms with Gasteiger partial charge in [0.1, 0.15) is 5.82 Å². The van der Waals surface area contributed by atoms with Crippen LogP contribution < -0.4 is 0 Å². The van der Waals surface area contributed by atoms with Crippen LogP contribution in [0.25, 0.3) is 0 Å². The van der Waals surface area contributed by atoms with Crippen LogP contribution in [0.2, 0.25) is 0 Å². The Hall–Kier alpha value is -1.72. The van der Waals surface area contributed by atoms with Crippen LogP contribution in [-0.4, -0.2) is 50.0 Å². The van der Waals surface area contributed by atoms with E-state index in [0.717, 1.165) is 32.0 Å². The fourth-order valence-electron chi connectivity index (χ4n) is 3.17. The molecule has 5 nitrogen and oxygen atoms in total. The molecule has 0 amide bonds. The number of hydrogen-bond donors (Lipinski definition) is 0. The Morgan fingerprint density at radius 3 is 2.82 bits per heavy atom. The molecule has 2 aromatic rings. The van der Waals surface area contributed by atoms with Gasteiger partial charge in [0, 0.05) is 63.6 Å². The molecular weight excluding hydrogens is 274 g/mol. The van der Waals surface area contributed by atoms with E-state index in [-0.39, 0.29) is 0 Å². The van der Waals surface area contributed by atoms with E-state index in [9.17, 15) is 0 Å². The van der Waals surface area contributed by atoms with Gasteiger partial charge in [-0.2, -0.15) is 0 Å². The van der Waals surface area contributed by atoms with Gasteiger partial charge in [-0.3, -0.25) is 14.8 Å². The lowest BCUT2D eigenvalue weighted by atomic mass is 10.1. The first-order valence-corrected chi connectivity index (χ1v) is 7.99. The fourth-order valence-corrected chi connectivity index (χ4v) is 3.17. The summed E-state index contributed by atoms with van der Waals surface area (Å²) in [4.78, 5) is 13.8. The quantitative estimate of drug-likeness (QED) is 0.866. The van der Waals surface area contributed by atoms with Gasteiger partial charge in [-0.05, 0) is 25.5 Å². The molecule has 0 saturated carbocycles. The molecule has 0 unspecified atom stereocenters. The number of pyridine rings is 1. The van der Waals surface area contributed by atoms with Gasteiger partial charge in [0.15, 0.2) is 0 Å². The molecule has 0 radical (unpaired) electrons. The summed E-state index contributed by atoms with van der Waals surface area (Å²) >= 11 is 0. The standard InChI is InChI=1S/C17H25N5/c1-14-12-22(15(2)16-5-4-6-18-11-16)10-9-21(14)13-17-19-7-8-20(17)3/h4-8,11,14-15H,9-10,12-13H2,1-3H3/t14-,15+/m0/s1. The smallest absolute Gasteiger partial charge is 0.122 e. The van der Waals surface area contributed by atoms with Crippen molar-refractivity contribution >= 4 is 0 Å². The topological polar surface area (TPSA) is 37.2 Å². The summed E-state index contributed by atoms with van der Waals surface area (Å²) in [5.74, 6) is 1.14. The largest absolute Gasteiger partial charge is 0.337 e. The van der Waals surface area contributed by atoms with Gasteiger partial charge in [0.2, 0.25) is 0 Å². The van der Waals surface area contributed by atoms with Crippen LogP contribution >= 0.6 is 0 Å². The number of piperazine rings is 1. The zero-order valence-electron chi connectivity index (χ0n) is 13.7. The van der Waals surface area contributed by atoms with Crippen LogP contribution in [0.4, 0.5) is 0 Å². The number of nitrogens with zero attached hydrogens (tertiary/aromatic N) is 5. The van der Waals surface area contributed by atoms with Crippen molar-refractivity contribution in [2.75, 3.05) is 19.6 Å². The molecule has 2 aromatic heterocycles. The Balaban J connectivity index is 1.61. The first-order chi connectivity index (χ1) is 10.6. The van der Waals surface area contributed by atoms with E-state index in [2.05, 4.69) is 51.3 Å². The molecule has 1 fully saturated rings. The monoisotopic (exact) mass is 299 g/mol. The SMILES string of the molecule is C[C@H](c1cccnc1)N1CCN(Cc2nccn2C)[C@@H](C)C1. The van der Waals surface area contributed by atoms with E-state index >= 15 is 0 Å². The number of imidazole rings is 1. The van der Waals surface area contributed by atoms with E-state index in [4.69, 9.17) is 0 Å². The van der Waals surface area contributed by atoms with Gasteiger partial charge < -0.3 is 4.57 Å². The second kappa shape index (κ2) is 6.58. The van der Waals surface area contributed by atoms with Gasteiger partial charge in [0.25, 0.3) is 0 Å². The number of rotatable bonds is 4. The lowest BCUT2D eigenvalue weighted by molar-refractivity contribution is 0.0526. The van der Waals surface area contributed by atoms with E-state index in [1.165, 1.54) is 5.56 Å². The lowest BCUT2D eigenvalue weighted by Gasteiger charge is -2.42. The Labute approximate surface area is 132 Å². The molecule has 22 heavy (non-hydrogen) atoms. The van der Waals surface area contributed by atoms with E-state index in [1.807, 2.05) is 30.9 Å². The van der Waals surface area contributed by atoms with Crippen LogP contribution in [-0.2, 0) is 13.6 Å². The summed E-state index contributed by atoms with van der Waals surface area (Å²) in [6, 6.07) is 5.14. The molecule has 3 heterocycles. The maximum atomic E-state index is 4.45. The highest BCUT2D eigenvalue weighted by atomic mass is 15.3. The second-order valence-corrected chi connectivity index (χ2v) is 6.23. The summed E-state index contributed by atoms with van der Waals surface area (Å²) in [5.41, 5.74) is 1.30. The van der Waals surface area contributed by atoms with E-state index < -0.39 is 0 Å². The average Bonchev–Trinajstić information content (AvgIpc) is 2.94. The molecule has 1 aliphatic rings. The van der Waals surface area contributed by atoms with Crippen LogP contribution in [0.15, 0.2) is 36.9 Å². The molecule has 5 heteroatoms. The first kappa shape index (κ1) is 15.2. The minimum Gasteiger partial charge on any atom is -0.337 e. The third kappa shape index (κ3) is 3.20. The average molecular weight is 299 g/mol. The van der Waals surface area contributed by atoms with Crippen molar-refractivity contribution in [1.82, 2.24) is 24.3 Å². The molecule has 1 aliphatic heterocycles. The third-order valence-electron chi connectivity index (χ3n) is 4.78. The Kier molecular flexibility index (Phi) is 4.55. The van der Waals surface area contributed by atoms with Gasteiger partial charge in [-0.25, -0.2) is 4.98 Å². The minimum atomic E-state index is 0.423. The first-order valence-electron chi connectivity index (χ1n) is 7.99. The van der Waals surface area contributed by atoms with Crippen molar-refractivity contribution in [2.45, 2.75) is 32.5 Å². The van der Waals surface area contributed by atoms with Crippen molar-refractivity contribution in [3.8, 4) is 0 Å². The fraction of sp³-hybridized carbons (Fsp3) is 0.529. The number of aromatic nitrogens is 3. The van der Waals surface area contributed by atoms with Crippen molar-refractivity contribution in [3.63, 3.8) is 0 Å². The van der Waals surface area contributed by atoms with Crippen molar-refractivity contribution < 1.29 is 0 Å². The number of aryl methyl sites for hydroxylation is 1. The highest BCUT2D eigenvalue weighted by molar-refractivity contribution is 5.13. The zero-order valence-corrected chi connectivity index (χ0v) is 13.7. The predicted molar refractivity (Wildman–Crippen MR) is 87.3 cm³/mol. The minimum absolute atomic E-state index is 0.423. The molecule has 0 spiro atoms. The summed E-state index contributed by atoms with van der Waals surface area (Å²) in [6.07, 6.45) is 7.71. The Bertz CT molecular complexity index is 594. The van der Waals surface area contributed by atoms with Crippen molar-refractivity contribution in [2.24, 2.45) is 7.05 Å². The molecule has 118 valence electrons. The van der Waals surface area contributed by atoms with Gasteiger partial charge in [0.05, 0.1) is 6.54 Å². The molecule has 1 saturated heterocycles. The van der Waals surface area contributed by atoms with Gasteiger partial charge in [-0.15, -0.1) is 0 Å². The molecule has 0 aliphatic carbocycles. The highest BCUT2D eigenvalue weighted by Crippen LogP contribution is 2.23. The molecule has 3 rings (SSSR count). The summed E-state index contributed by atoms with van der Waals surface area (Å²) in [6.45, 7) is 8.77. The summed E-state index contributed by atoms with van der Waals surface area (Å²) < 4.78 is 2.11. The van der Waals surface area contributed by atoms with Gasteiger partial charge >= 0.3 is 0 Å². The van der Waals surface area contributed by atoms with Crippen LogP contribution in [0.3, 0.4) is 0 Å². The maximum absolute atomic E-state index is 4.45. The summed E-state index contributed by atoms with van der Waals surface area (Å²) in [5, 5.41) is 0. The Morgan fingerprint density at radius 2 is 2.18 bits per heavy atom. The van der Waals surface area contributed by atoms with Crippen LogP contribution in [0, 0.1) is 0 Å². The van der Waals surface area contributed by atoms with Crippen molar-refractivity contribution in [3.05, 3.63) is 48.3 Å². The normalized spacial score (nSPS) is 21.9. The van der Waals surface area contributed by atoms with Crippen molar-refractivity contribution in [1.29, 1.82) is 0 Å². The predicted octanol–water partition coefficient (Wildman–Crippen LogP) is 2.08. The maximum Gasteiger partial charge on any atom is 0.122 e. The molecule has 2 atom stereocenters. The van der Waals surface area contributed by atoms with Gasteiger partial charge in [-0.1, -0.05) is 6.07 Å². The third-order valence-corrected chi connectivity index (χ3v) is 4.78. The molecule has 0 bridgehead atoms. The molecule has 0 N–H and O–H groups in total. The Morgan fingerprint density at radius 1 is 1.32 bits per heavy atom. The van der Waals surface area contributed by atoms with E-state index in [1.54, 1.807) is 0 Å². The zero-order chi connectivity index (χ0) is 15.5. The summed E-state index contributed by atoms with van der Waals surface area (Å²) in [7, 11) is 2.06. The van der Waals surface area contributed by atoms with Crippen LogP contribution in [0.1, 0.15) is 31.3 Å². The second-order valence-electron chi connectivity index (χ2n) is 6.23.